The number of esters is 1. The van der Waals surface area contributed by atoms with E-state index in [4.69, 9.17) is 4.74 Å². The molecule has 1 aromatic carbocycles. The molecule has 23 heavy (non-hydrogen) atoms. The Morgan fingerprint density at radius 3 is 2.35 bits per heavy atom. The summed E-state index contributed by atoms with van der Waals surface area (Å²) in [5.74, 6) is -0.173. The van der Waals surface area contributed by atoms with E-state index in [1.165, 1.54) is 6.42 Å². The zero-order valence-corrected chi connectivity index (χ0v) is 14.5. The zero-order valence-electron chi connectivity index (χ0n) is 14.5. The first kappa shape index (κ1) is 17.5. The maximum absolute atomic E-state index is 12.3. The summed E-state index contributed by atoms with van der Waals surface area (Å²) in [5.41, 5.74) is 2.50. The van der Waals surface area contributed by atoms with Crippen LogP contribution in [0.15, 0.2) is 18.2 Å². The predicted octanol–water partition coefficient (Wildman–Crippen LogP) is 3.54. The average Bonchev–Trinajstić information content (AvgIpc) is 2.48. The van der Waals surface area contributed by atoms with E-state index in [0.29, 0.717) is 11.5 Å². The number of amides is 1. The van der Waals surface area contributed by atoms with Crippen molar-refractivity contribution >= 4 is 11.9 Å². The van der Waals surface area contributed by atoms with Gasteiger partial charge in [-0.05, 0) is 51.7 Å². The van der Waals surface area contributed by atoms with Gasteiger partial charge in [0.1, 0.15) is 0 Å². The fraction of sp³-hybridized carbons (Fsp3) is 0.579. The molecule has 1 N–H and O–H groups in total. The van der Waals surface area contributed by atoms with Gasteiger partial charge in [-0.2, -0.15) is 0 Å². The molecule has 1 saturated carbocycles. The van der Waals surface area contributed by atoms with Crippen LogP contribution in [-0.4, -0.2) is 24.0 Å². The molecule has 1 fully saturated rings. The van der Waals surface area contributed by atoms with E-state index in [2.05, 4.69) is 12.2 Å². The summed E-state index contributed by atoms with van der Waals surface area (Å²) < 4.78 is 5.33. The lowest BCUT2D eigenvalue weighted by Crippen LogP contribution is -2.46. The van der Waals surface area contributed by atoms with Crippen molar-refractivity contribution in [3.05, 3.63) is 34.9 Å². The maximum atomic E-state index is 12.3. The Balaban J connectivity index is 1.93. The number of nitrogens with one attached hydrogen (secondary N) is 1. The molecule has 1 aromatic rings. The molecule has 126 valence electrons. The Hall–Kier alpha value is -1.84. The molecule has 0 bridgehead atoms. The van der Waals surface area contributed by atoms with Gasteiger partial charge in [0.25, 0.3) is 5.91 Å². The van der Waals surface area contributed by atoms with E-state index in [1.54, 1.807) is 19.1 Å². The molecule has 0 aromatic heterocycles. The van der Waals surface area contributed by atoms with Gasteiger partial charge in [-0.1, -0.05) is 37.0 Å². The first-order chi connectivity index (χ1) is 10.9. The molecular weight excluding hydrogens is 290 g/mol. The summed E-state index contributed by atoms with van der Waals surface area (Å²) in [5, 5.41) is 3.03. The van der Waals surface area contributed by atoms with Gasteiger partial charge in [-0.25, -0.2) is 4.79 Å². The second-order valence-corrected chi connectivity index (χ2v) is 6.80. The number of carbonyl (C=O) groups is 2. The van der Waals surface area contributed by atoms with Crippen molar-refractivity contribution in [3.8, 4) is 0 Å². The van der Waals surface area contributed by atoms with E-state index in [-0.39, 0.29) is 11.9 Å². The van der Waals surface area contributed by atoms with Crippen molar-refractivity contribution in [2.75, 3.05) is 0 Å². The van der Waals surface area contributed by atoms with Crippen LogP contribution >= 0.6 is 0 Å². The molecule has 4 nitrogen and oxygen atoms in total. The van der Waals surface area contributed by atoms with Crippen molar-refractivity contribution in [1.29, 1.82) is 0 Å². The fourth-order valence-electron chi connectivity index (χ4n) is 3.21. The average molecular weight is 317 g/mol. The van der Waals surface area contributed by atoms with Crippen LogP contribution in [0.25, 0.3) is 0 Å². The largest absolute Gasteiger partial charge is 0.449 e. The Morgan fingerprint density at radius 2 is 1.74 bits per heavy atom. The number of hydrogen-bond acceptors (Lipinski definition) is 3. The fourth-order valence-corrected chi connectivity index (χ4v) is 3.21. The molecule has 1 aliphatic rings. The van der Waals surface area contributed by atoms with E-state index in [1.807, 2.05) is 19.9 Å². The minimum atomic E-state index is -0.780. The number of rotatable bonds is 4. The lowest BCUT2D eigenvalue weighted by Gasteiger charge is -2.30. The monoisotopic (exact) mass is 317 g/mol. The third-order valence-electron chi connectivity index (χ3n) is 4.55. The Kier molecular flexibility index (Phi) is 5.80. The van der Waals surface area contributed by atoms with Crippen LogP contribution < -0.4 is 5.32 Å². The van der Waals surface area contributed by atoms with Crippen LogP contribution in [0.5, 0.6) is 0 Å². The van der Waals surface area contributed by atoms with E-state index in [0.717, 1.165) is 30.4 Å². The molecule has 4 heteroatoms. The highest BCUT2D eigenvalue weighted by molar-refractivity contribution is 5.92. The van der Waals surface area contributed by atoms with Crippen LogP contribution in [0.2, 0.25) is 0 Å². The van der Waals surface area contributed by atoms with Crippen molar-refractivity contribution < 1.29 is 14.3 Å². The number of aryl methyl sites for hydroxylation is 2. The van der Waals surface area contributed by atoms with Crippen molar-refractivity contribution in [2.45, 2.75) is 65.5 Å². The molecule has 1 amide bonds. The highest BCUT2D eigenvalue weighted by Crippen LogP contribution is 2.23. The first-order valence-corrected chi connectivity index (χ1v) is 8.46. The quantitative estimate of drug-likeness (QED) is 0.864. The number of ether oxygens (including phenoxy) is 1. The third kappa shape index (κ3) is 4.81. The molecular formula is C19H27NO3. The summed E-state index contributed by atoms with van der Waals surface area (Å²) >= 11 is 0. The normalized spacial score (nSPS) is 22.3. The summed E-state index contributed by atoms with van der Waals surface area (Å²) in [6.07, 6.45) is 3.74. The van der Waals surface area contributed by atoms with Crippen molar-refractivity contribution in [2.24, 2.45) is 5.92 Å². The lowest BCUT2D eigenvalue weighted by molar-refractivity contribution is -0.130. The molecule has 0 unspecified atom stereocenters. The lowest BCUT2D eigenvalue weighted by atomic mass is 9.86. The summed E-state index contributed by atoms with van der Waals surface area (Å²) in [6.45, 7) is 7.66. The summed E-state index contributed by atoms with van der Waals surface area (Å²) in [6, 6.07) is 5.75. The van der Waals surface area contributed by atoms with Gasteiger partial charge < -0.3 is 10.1 Å². The zero-order chi connectivity index (χ0) is 17.0. The predicted molar refractivity (Wildman–Crippen MR) is 90.4 cm³/mol. The van der Waals surface area contributed by atoms with Gasteiger partial charge in [0.15, 0.2) is 6.10 Å². The second-order valence-electron chi connectivity index (χ2n) is 6.80. The van der Waals surface area contributed by atoms with Gasteiger partial charge in [-0.15, -0.1) is 0 Å². The van der Waals surface area contributed by atoms with Gasteiger partial charge in [0, 0.05) is 6.04 Å². The van der Waals surface area contributed by atoms with Crippen LogP contribution in [0.4, 0.5) is 0 Å². The Labute approximate surface area is 138 Å². The van der Waals surface area contributed by atoms with Crippen LogP contribution in [0.1, 0.15) is 61.0 Å². The van der Waals surface area contributed by atoms with Crippen LogP contribution in [0, 0.1) is 19.8 Å². The Bertz CT molecular complexity index is 562. The first-order valence-electron chi connectivity index (χ1n) is 8.46. The molecule has 0 spiro atoms. The minimum absolute atomic E-state index is 0.193. The molecule has 2 rings (SSSR count). The molecule has 0 heterocycles. The smallest absolute Gasteiger partial charge is 0.338 e. The van der Waals surface area contributed by atoms with E-state index >= 15 is 0 Å². The summed E-state index contributed by atoms with van der Waals surface area (Å²) in [7, 11) is 0. The highest BCUT2D eigenvalue weighted by Gasteiger charge is 2.26. The van der Waals surface area contributed by atoms with Gasteiger partial charge in [-0.3, -0.25) is 4.79 Å². The third-order valence-corrected chi connectivity index (χ3v) is 4.55. The topological polar surface area (TPSA) is 55.4 Å². The van der Waals surface area contributed by atoms with E-state index < -0.39 is 12.1 Å². The van der Waals surface area contributed by atoms with Gasteiger partial charge in [0.2, 0.25) is 0 Å². The summed E-state index contributed by atoms with van der Waals surface area (Å²) in [4.78, 5) is 24.5. The van der Waals surface area contributed by atoms with Crippen LogP contribution in [-0.2, 0) is 9.53 Å². The van der Waals surface area contributed by atoms with Crippen molar-refractivity contribution in [3.63, 3.8) is 0 Å². The van der Waals surface area contributed by atoms with Crippen molar-refractivity contribution in [1.82, 2.24) is 5.32 Å². The Morgan fingerprint density at radius 1 is 1.13 bits per heavy atom. The highest BCUT2D eigenvalue weighted by atomic mass is 16.5. The molecule has 0 saturated heterocycles. The molecule has 3 atom stereocenters. The maximum Gasteiger partial charge on any atom is 0.338 e. The molecule has 0 radical (unpaired) electrons. The SMILES string of the molecule is Cc1cc(C)cc(C(=O)O[C@H](C)C(=O)N[C@H]2CCCC[C@@H]2C)c1. The molecule has 1 aliphatic carbocycles. The van der Waals surface area contributed by atoms with E-state index in [9.17, 15) is 9.59 Å². The van der Waals surface area contributed by atoms with Crippen LogP contribution in [0.3, 0.4) is 0 Å². The number of benzene rings is 1. The minimum Gasteiger partial charge on any atom is -0.449 e. The van der Waals surface area contributed by atoms with Gasteiger partial charge in [0.05, 0.1) is 5.56 Å². The molecule has 0 aliphatic heterocycles. The second kappa shape index (κ2) is 7.62. The number of carbonyl (C=O) groups excluding carboxylic acids is 2. The number of hydrogen-bond donors (Lipinski definition) is 1. The standard InChI is InChI=1S/C19H27NO3/c1-12-9-13(2)11-16(10-12)19(22)23-15(4)18(21)20-17-8-6-5-7-14(17)3/h9-11,14-15,17H,5-8H2,1-4H3,(H,20,21)/t14-,15+,17-/m0/s1. The van der Waals surface area contributed by atoms with Gasteiger partial charge >= 0.3 is 5.97 Å².